The Morgan fingerprint density at radius 3 is 2.61 bits per heavy atom. The van der Waals surface area contributed by atoms with E-state index in [0.29, 0.717) is 23.4 Å². The molecule has 2 N–H and O–H groups in total. The van der Waals surface area contributed by atoms with Crippen LogP contribution in [-0.4, -0.2) is 32.6 Å². The van der Waals surface area contributed by atoms with Crippen LogP contribution in [0.3, 0.4) is 0 Å². The molecule has 6 nitrogen and oxygen atoms in total. The van der Waals surface area contributed by atoms with Crippen LogP contribution in [0.5, 0.6) is 0 Å². The lowest BCUT2D eigenvalue weighted by Gasteiger charge is -2.19. The van der Waals surface area contributed by atoms with Gasteiger partial charge in [-0.25, -0.2) is 4.79 Å². The third-order valence-electron chi connectivity index (χ3n) is 2.86. The predicted molar refractivity (Wildman–Crippen MR) is 67.6 cm³/mol. The smallest absolute Gasteiger partial charge is 0.326 e. The van der Waals surface area contributed by atoms with E-state index in [1.165, 1.54) is 0 Å². The molecule has 2 atom stereocenters. The van der Waals surface area contributed by atoms with Crippen molar-refractivity contribution in [2.24, 2.45) is 5.92 Å². The van der Waals surface area contributed by atoms with Gasteiger partial charge in [-0.3, -0.25) is 4.79 Å². The van der Waals surface area contributed by atoms with Crippen LogP contribution in [0, 0.1) is 5.92 Å². The summed E-state index contributed by atoms with van der Waals surface area (Å²) in [5.74, 6) is -1.56. The van der Waals surface area contributed by atoms with E-state index in [4.69, 9.17) is 5.11 Å². The lowest BCUT2D eigenvalue weighted by molar-refractivity contribution is -0.140. The molecule has 7 heteroatoms. The average molecular weight is 271 g/mol. The topological polar surface area (TPSA) is 92.2 Å². The van der Waals surface area contributed by atoms with E-state index in [1.807, 2.05) is 13.8 Å². The molecule has 1 aromatic rings. The van der Waals surface area contributed by atoms with Gasteiger partial charge in [0.25, 0.3) is 5.91 Å². The lowest BCUT2D eigenvalue weighted by atomic mass is 9.99. The largest absolute Gasteiger partial charge is 0.480 e. The van der Waals surface area contributed by atoms with E-state index in [1.54, 1.807) is 6.92 Å². The Morgan fingerprint density at radius 2 is 2.11 bits per heavy atom. The van der Waals surface area contributed by atoms with Crippen LogP contribution in [0.25, 0.3) is 0 Å². The number of rotatable bonds is 6. The maximum atomic E-state index is 12.0. The highest BCUT2D eigenvalue weighted by atomic mass is 32.1. The second-order valence-corrected chi connectivity index (χ2v) is 4.83. The van der Waals surface area contributed by atoms with Gasteiger partial charge in [0, 0.05) is 0 Å². The number of carboxylic acids is 1. The summed E-state index contributed by atoms with van der Waals surface area (Å²) in [4.78, 5) is 23.5. The third-order valence-corrected chi connectivity index (χ3v) is 3.63. The number of nitrogens with one attached hydrogen (secondary N) is 1. The fourth-order valence-corrected chi connectivity index (χ4v) is 2.16. The van der Waals surface area contributed by atoms with Gasteiger partial charge in [0.1, 0.15) is 10.9 Å². The first-order valence-corrected chi connectivity index (χ1v) is 6.63. The number of carbonyl (C=O) groups is 2. The summed E-state index contributed by atoms with van der Waals surface area (Å²) in [6.45, 7) is 5.56. The highest BCUT2D eigenvalue weighted by molar-refractivity contribution is 7.08. The summed E-state index contributed by atoms with van der Waals surface area (Å²) in [6, 6.07) is -0.880. The maximum Gasteiger partial charge on any atom is 0.326 e. The summed E-state index contributed by atoms with van der Waals surface area (Å²) in [5, 5.41) is 15.5. The maximum absolute atomic E-state index is 12.0. The number of aryl methyl sites for hydroxylation is 1. The summed E-state index contributed by atoms with van der Waals surface area (Å²) in [7, 11) is 0. The van der Waals surface area contributed by atoms with E-state index in [9.17, 15) is 9.59 Å². The minimum atomic E-state index is -1.02. The van der Waals surface area contributed by atoms with Crippen LogP contribution >= 0.6 is 11.5 Å². The van der Waals surface area contributed by atoms with Gasteiger partial charge in [0.2, 0.25) is 0 Å². The molecule has 1 heterocycles. The SMILES string of the molecule is CCc1nnsc1C(=O)N[C@H](C(=O)O)[C@@H](C)CC. The number of amides is 1. The summed E-state index contributed by atoms with van der Waals surface area (Å²) >= 11 is 0.989. The van der Waals surface area contributed by atoms with Gasteiger partial charge in [-0.2, -0.15) is 0 Å². The number of carboxylic acid groups (broad SMARTS) is 1. The van der Waals surface area contributed by atoms with Crippen LogP contribution in [0.2, 0.25) is 0 Å². The Hall–Kier alpha value is -1.50. The summed E-state index contributed by atoms with van der Waals surface area (Å²) in [6.07, 6.45) is 1.28. The normalized spacial score (nSPS) is 13.9. The molecule has 1 amide bonds. The van der Waals surface area contributed by atoms with Gasteiger partial charge in [-0.05, 0) is 23.9 Å². The molecule has 0 fully saturated rings. The molecular formula is C11H17N3O3S. The van der Waals surface area contributed by atoms with Crippen molar-refractivity contribution in [2.75, 3.05) is 0 Å². The van der Waals surface area contributed by atoms with E-state index in [2.05, 4.69) is 14.9 Å². The lowest BCUT2D eigenvalue weighted by Crippen LogP contribution is -2.45. The molecular weight excluding hydrogens is 254 g/mol. The molecule has 100 valence electrons. The van der Waals surface area contributed by atoms with Crippen molar-refractivity contribution in [1.82, 2.24) is 14.9 Å². The van der Waals surface area contributed by atoms with Crippen molar-refractivity contribution >= 4 is 23.4 Å². The van der Waals surface area contributed by atoms with E-state index in [-0.39, 0.29) is 5.92 Å². The van der Waals surface area contributed by atoms with E-state index < -0.39 is 17.9 Å². The molecule has 0 aliphatic carbocycles. The van der Waals surface area contributed by atoms with Crippen molar-refractivity contribution in [2.45, 2.75) is 39.7 Å². The quantitative estimate of drug-likeness (QED) is 0.814. The molecule has 1 aromatic heterocycles. The Kier molecular flexibility index (Phi) is 5.21. The van der Waals surface area contributed by atoms with Crippen LogP contribution in [-0.2, 0) is 11.2 Å². The van der Waals surface area contributed by atoms with Gasteiger partial charge in [0.15, 0.2) is 0 Å². The van der Waals surface area contributed by atoms with Gasteiger partial charge < -0.3 is 10.4 Å². The zero-order chi connectivity index (χ0) is 13.7. The fourth-order valence-electron chi connectivity index (χ4n) is 1.50. The molecule has 0 bridgehead atoms. The number of aromatic nitrogens is 2. The zero-order valence-electron chi connectivity index (χ0n) is 10.6. The van der Waals surface area contributed by atoms with Crippen molar-refractivity contribution in [1.29, 1.82) is 0 Å². The highest BCUT2D eigenvalue weighted by Crippen LogP contribution is 2.13. The zero-order valence-corrected chi connectivity index (χ0v) is 11.5. The molecule has 0 radical (unpaired) electrons. The molecule has 0 aliphatic rings. The minimum absolute atomic E-state index is 0.127. The van der Waals surface area contributed by atoms with Crippen LogP contribution < -0.4 is 5.32 Å². The van der Waals surface area contributed by atoms with Crippen LogP contribution in [0.15, 0.2) is 0 Å². The van der Waals surface area contributed by atoms with Gasteiger partial charge >= 0.3 is 5.97 Å². The monoisotopic (exact) mass is 271 g/mol. The standard InChI is InChI=1S/C11H17N3O3S/c1-4-6(3)8(11(16)17)12-10(15)9-7(5-2)13-14-18-9/h6,8H,4-5H2,1-3H3,(H,12,15)(H,16,17)/t6-,8-/m0/s1. The van der Waals surface area contributed by atoms with E-state index in [0.717, 1.165) is 11.5 Å². The molecule has 1 rings (SSSR count). The van der Waals surface area contributed by atoms with Crippen LogP contribution in [0.4, 0.5) is 0 Å². The van der Waals surface area contributed by atoms with Crippen molar-refractivity contribution < 1.29 is 14.7 Å². The van der Waals surface area contributed by atoms with Gasteiger partial charge in [-0.15, -0.1) is 5.10 Å². The molecule has 0 unspecified atom stereocenters. The number of aliphatic carboxylic acids is 1. The second kappa shape index (κ2) is 6.44. The fraction of sp³-hybridized carbons (Fsp3) is 0.636. The Labute approximate surface area is 110 Å². The Morgan fingerprint density at radius 1 is 1.44 bits per heavy atom. The minimum Gasteiger partial charge on any atom is -0.480 e. The van der Waals surface area contributed by atoms with Crippen molar-refractivity contribution in [3.05, 3.63) is 10.6 Å². The van der Waals surface area contributed by atoms with Crippen molar-refractivity contribution in [3.63, 3.8) is 0 Å². The predicted octanol–water partition coefficient (Wildman–Crippen LogP) is 1.33. The van der Waals surface area contributed by atoms with Gasteiger partial charge in [-0.1, -0.05) is 31.7 Å². The first kappa shape index (κ1) is 14.6. The number of nitrogens with zero attached hydrogens (tertiary/aromatic N) is 2. The summed E-state index contributed by atoms with van der Waals surface area (Å²) < 4.78 is 3.71. The van der Waals surface area contributed by atoms with Crippen molar-refractivity contribution in [3.8, 4) is 0 Å². The average Bonchev–Trinajstić information content (AvgIpc) is 2.82. The van der Waals surface area contributed by atoms with Gasteiger partial charge in [0.05, 0.1) is 5.69 Å². The number of hydrogen-bond donors (Lipinski definition) is 2. The summed E-state index contributed by atoms with van der Waals surface area (Å²) in [5.41, 5.74) is 0.603. The Balaban J connectivity index is 2.82. The molecule has 0 spiro atoms. The van der Waals surface area contributed by atoms with Crippen LogP contribution in [0.1, 0.15) is 42.6 Å². The molecule has 18 heavy (non-hydrogen) atoms. The second-order valence-electron chi connectivity index (χ2n) is 4.08. The molecule has 0 saturated carbocycles. The number of carbonyl (C=O) groups excluding carboxylic acids is 1. The van der Waals surface area contributed by atoms with E-state index >= 15 is 0 Å². The first-order chi connectivity index (χ1) is 8.51. The third kappa shape index (κ3) is 3.25. The highest BCUT2D eigenvalue weighted by Gasteiger charge is 2.27. The number of hydrogen-bond acceptors (Lipinski definition) is 5. The first-order valence-electron chi connectivity index (χ1n) is 5.86. The molecule has 0 aliphatic heterocycles. The molecule has 0 aromatic carbocycles. The Bertz CT molecular complexity index is 433. The molecule has 0 saturated heterocycles.